The second-order valence-electron chi connectivity index (χ2n) is 7.15. The van der Waals surface area contributed by atoms with Crippen molar-refractivity contribution in [1.29, 1.82) is 0 Å². The van der Waals surface area contributed by atoms with E-state index in [-0.39, 0.29) is 28.4 Å². The summed E-state index contributed by atoms with van der Waals surface area (Å²) >= 11 is 5.82. The minimum atomic E-state index is -1.06. The van der Waals surface area contributed by atoms with Crippen LogP contribution in [-0.2, 0) is 12.8 Å². The molecule has 0 atom stereocenters. The number of rotatable bonds is 8. The van der Waals surface area contributed by atoms with Gasteiger partial charge in [0.15, 0.2) is 11.6 Å². The molecule has 3 rings (SSSR count). The molecule has 30 heavy (non-hydrogen) atoms. The number of oxime groups is 1. The van der Waals surface area contributed by atoms with Gasteiger partial charge in [0.25, 0.3) is 0 Å². The van der Waals surface area contributed by atoms with Crippen molar-refractivity contribution in [2.45, 2.75) is 33.1 Å². The highest BCUT2D eigenvalue weighted by molar-refractivity contribution is 6.30. The summed E-state index contributed by atoms with van der Waals surface area (Å²) in [6.45, 7) is 6.69. The van der Waals surface area contributed by atoms with Crippen LogP contribution in [0.5, 0.6) is 0 Å². The lowest BCUT2D eigenvalue weighted by Crippen LogP contribution is -2.25. The van der Waals surface area contributed by atoms with Crippen molar-refractivity contribution < 1.29 is 18.4 Å². The lowest BCUT2D eigenvalue weighted by molar-refractivity contribution is 0.313. The minimum absolute atomic E-state index is 0.0437. The third-order valence-corrected chi connectivity index (χ3v) is 5.64. The summed E-state index contributed by atoms with van der Waals surface area (Å²) in [5.74, 6) is -2.63. The molecule has 4 nitrogen and oxygen atoms in total. The maximum atomic E-state index is 14.4. The quantitative estimate of drug-likeness (QED) is 0.335. The van der Waals surface area contributed by atoms with Gasteiger partial charge >= 0.3 is 0 Å². The molecule has 0 amide bonds. The van der Waals surface area contributed by atoms with Crippen LogP contribution in [0.25, 0.3) is 0 Å². The molecule has 2 aromatic rings. The molecule has 0 bridgehead atoms. The summed E-state index contributed by atoms with van der Waals surface area (Å²) in [4.78, 5) is 6.55. The Balaban J connectivity index is 1.89. The van der Waals surface area contributed by atoms with Gasteiger partial charge in [0, 0.05) is 30.7 Å². The van der Waals surface area contributed by atoms with Crippen LogP contribution >= 0.6 is 11.6 Å². The van der Waals surface area contributed by atoms with E-state index in [2.05, 4.69) is 28.9 Å². The first-order valence-corrected chi connectivity index (χ1v) is 10.2. The minimum Gasteiger partial charge on any atom is -0.411 e. The first-order valence-electron chi connectivity index (χ1n) is 9.82. The van der Waals surface area contributed by atoms with Gasteiger partial charge in [-0.25, -0.2) is 13.2 Å². The van der Waals surface area contributed by atoms with Gasteiger partial charge in [-0.05, 0) is 48.8 Å². The van der Waals surface area contributed by atoms with E-state index in [1.165, 1.54) is 18.2 Å². The number of fused-ring (bicyclic) bond motifs is 1. The Morgan fingerprint density at radius 3 is 2.53 bits per heavy atom. The van der Waals surface area contributed by atoms with Crippen LogP contribution in [0.1, 0.15) is 37.0 Å². The summed E-state index contributed by atoms with van der Waals surface area (Å²) in [5, 5.41) is 12.8. The predicted octanol–water partition coefficient (Wildman–Crippen LogP) is 5.54. The van der Waals surface area contributed by atoms with Crippen LogP contribution in [0.3, 0.4) is 0 Å². The number of hydrogen-bond acceptors (Lipinski definition) is 4. The SMILES string of the molecule is CCN(CC)CCC1=Nc2c(F)c(F)cc(/C(Cc3ccc(F)c(Cl)c3)=N/O)c2C1. The predicted molar refractivity (Wildman–Crippen MR) is 113 cm³/mol. The van der Waals surface area contributed by atoms with Crippen molar-refractivity contribution in [3.8, 4) is 0 Å². The van der Waals surface area contributed by atoms with E-state index in [0.717, 1.165) is 31.4 Å². The third-order valence-electron chi connectivity index (χ3n) is 5.35. The molecule has 0 aromatic heterocycles. The zero-order valence-corrected chi connectivity index (χ0v) is 17.6. The molecule has 8 heteroatoms. The van der Waals surface area contributed by atoms with Crippen LogP contribution in [0.4, 0.5) is 18.9 Å². The van der Waals surface area contributed by atoms with Crippen LogP contribution in [0.2, 0.25) is 5.02 Å². The van der Waals surface area contributed by atoms with Crippen LogP contribution in [0.15, 0.2) is 34.4 Å². The normalized spacial score (nSPS) is 13.7. The summed E-state index contributed by atoms with van der Waals surface area (Å²) in [6.07, 6.45) is 1.06. The number of halogens is 4. The van der Waals surface area contributed by atoms with Crippen molar-refractivity contribution in [3.63, 3.8) is 0 Å². The maximum Gasteiger partial charge on any atom is 0.184 e. The Bertz CT molecular complexity index is 1000. The molecule has 0 saturated heterocycles. The summed E-state index contributed by atoms with van der Waals surface area (Å²) in [7, 11) is 0. The van der Waals surface area contributed by atoms with Crippen LogP contribution in [-0.4, -0.2) is 41.2 Å². The standard InChI is InChI=1S/C22H23ClF3N3O/c1-3-29(4-2)8-7-14-11-16-15(12-19(25)21(26)22(16)27-14)20(28-30)10-13-5-6-18(24)17(23)9-13/h5-6,9,12,30H,3-4,7-8,10-11H2,1-2H3/b28-20+. The molecule has 0 fully saturated rings. The molecule has 2 aromatic carbocycles. The van der Waals surface area contributed by atoms with Gasteiger partial charge in [-0.15, -0.1) is 0 Å². The number of benzene rings is 2. The van der Waals surface area contributed by atoms with Crippen molar-refractivity contribution in [2.75, 3.05) is 19.6 Å². The zero-order valence-electron chi connectivity index (χ0n) is 16.9. The van der Waals surface area contributed by atoms with E-state index in [1.54, 1.807) is 0 Å². The van der Waals surface area contributed by atoms with E-state index in [9.17, 15) is 18.4 Å². The molecular weight excluding hydrogens is 415 g/mol. The molecule has 160 valence electrons. The molecule has 0 saturated carbocycles. The second-order valence-corrected chi connectivity index (χ2v) is 7.56. The number of nitrogens with zero attached hydrogens (tertiary/aromatic N) is 3. The Kier molecular flexibility index (Phi) is 7.15. The molecule has 1 aliphatic rings. The molecule has 0 spiro atoms. The Hall–Kier alpha value is -2.38. The van der Waals surface area contributed by atoms with E-state index >= 15 is 0 Å². The summed E-state index contributed by atoms with van der Waals surface area (Å²) < 4.78 is 42.1. The van der Waals surface area contributed by atoms with Gasteiger partial charge in [-0.3, -0.25) is 4.99 Å². The summed E-state index contributed by atoms with van der Waals surface area (Å²) in [6, 6.07) is 5.14. The fraction of sp³-hybridized carbons (Fsp3) is 0.364. The van der Waals surface area contributed by atoms with Crippen molar-refractivity contribution >= 4 is 28.7 Å². The van der Waals surface area contributed by atoms with Gasteiger partial charge in [-0.2, -0.15) is 0 Å². The molecule has 0 aliphatic carbocycles. The van der Waals surface area contributed by atoms with E-state index in [0.29, 0.717) is 24.0 Å². The fourth-order valence-corrected chi connectivity index (χ4v) is 3.81. The molecule has 0 unspecified atom stereocenters. The first-order chi connectivity index (χ1) is 14.4. The molecule has 1 heterocycles. The van der Waals surface area contributed by atoms with Gasteiger partial charge in [0.05, 0.1) is 10.7 Å². The average Bonchev–Trinajstić information content (AvgIpc) is 3.17. The van der Waals surface area contributed by atoms with Crippen molar-refractivity contribution in [3.05, 3.63) is 63.4 Å². The van der Waals surface area contributed by atoms with Gasteiger partial charge in [0.1, 0.15) is 11.5 Å². The Morgan fingerprint density at radius 1 is 1.17 bits per heavy atom. The Morgan fingerprint density at radius 2 is 1.90 bits per heavy atom. The second kappa shape index (κ2) is 9.62. The van der Waals surface area contributed by atoms with Gasteiger partial charge in [0.2, 0.25) is 0 Å². The van der Waals surface area contributed by atoms with E-state index in [4.69, 9.17) is 11.6 Å². The van der Waals surface area contributed by atoms with Crippen LogP contribution in [0, 0.1) is 17.5 Å². The van der Waals surface area contributed by atoms with E-state index < -0.39 is 17.5 Å². The maximum absolute atomic E-state index is 14.4. The van der Waals surface area contributed by atoms with E-state index in [1.807, 2.05) is 0 Å². The zero-order chi connectivity index (χ0) is 21.8. The number of aliphatic imine (C=N–C) groups is 1. The monoisotopic (exact) mass is 437 g/mol. The third kappa shape index (κ3) is 4.68. The highest BCUT2D eigenvalue weighted by atomic mass is 35.5. The highest BCUT2D eigenvalue weighted by Crippen LogP contribution is 2.36. The lowest BCUT2D eigenvalue weighted by atomic mass is 9.94. The summed E-state index contributed by atoms with van der Waals surface area (Å²) in [5.41, 5.74) is 2.20. The van der Waals surface area contributed by atoms with Crippen molar-refractivity contribution in [1.82, 2.24) is 4.90 Å². The van der Waals surface area contributed by atoms with Crippen LogP contribution < -0.4 is 0 Å². The first kappa shape index (κ1) is 22.3. The van der Waals surface area contributed by atoms with Crippen molar-refractivity contribution in [2.24, 2.45) is 10.1 Å². The topological polar surface area (TPSA) is 48.2 Å². The average molecular weight is 438 g/mol. The highest BCUT2D eigenvalue weighted by Gasteiger charge is 2.27. The fourth-order valence-electron chi connectivity index (χ4n) is 3.60. The number of hydrogen-bond donors (Lipinski definition) is 1. The van der Waals surface area contributed by atoms with Gasteiger partial charge in [-0.1, -0.05) is 36.7 Å². The largest absolute Gasteiger partial charge is 0.411 e. The smallest absolute Gasteiger partial charge is 0.184 e. The molecule has 1 N–H and O–H groups in total. The lowest BCUT2D eigenvalue weighted by Gasteiger charge is -2.17. The van der Waals surface area contributed by atoms with Gasteiger partial charge < -0.3 is 10.1 Å². The Labute approximate surface area is 178 Å². The molecule has 0 radical (unpaired) electrons. The molecule has 1 aliphatic heterocycles. The molecular formula is C22H23ClF3N3O.